The molecule has 8 nitrogen and oxygen atoms in total. The highest BCUT2D eigenvalue weighted by Crippen LogP contribution is 2.32. The van der Waals surface area contributed by atoms with Crippen LogP contribution in [0.4, 0.5) is 5.69 Å². The van der Waals surface area contributed by atoms with Crippen molar-refractivity contribution in [1.82, 2.24) is 10.2 Å². The summed E-state index contributed by atoms with van der Waals surface area (Å²) < 4.78 is 12.3. The summed E-state index contributed by atoms with van der Waals surface area (Å²) in [5.41, 5.74) is 2.16. The minimum atomic E-state index is -0.330. The van der Waals surface area contributed by atoms with Gasteiger partial charge in [-0.3, -0.25) is 14.4 Å². The topological polar surface area (TPSA) is 97.0 Å². The summed E-state index contributed by atoms with van der Waals surface area (Å²) in [4.78, 5) is 39.6. The molecule has 0 spiro atoms. The quantitative estimate of drug-likeness (QED) is 0.616. The predicted molar refractivity (Wildman–Crippen MR) is 137 cm³/mol. The lowest BCUT2D eigenvalue weighted by Gasteiger charge is -2.42. The number of rotatable bonds is 7. The third-order valence-electron chi connectivity index (χ3n) is 6.80. The van der Waals surface area contributed by atoms with Gasteiger partial charge in [0.25, 0.3) is 5.91 Å². The van der Waals surface area contributed by atoms with Gasteiger partial charge >= 0.3 is 0 Å². The molecule has 2 N–H and O–H groups in total. The van der Waals surface area contributed by atoms with Crippen LogP contribution < -0.4 is 15.4 Å². The maximum absolute atomic E-state index is 13.3. The van der Waals surface area contributed by atoms with Gasteiger partial charge < -0.3 is 25.0 Å². The van der Waals surface area contributed by atoms with Gasteiger partial charge in [0, 0.05) is 25.2 Å². The van der Waals surface area contributed by atoms with Crippen LogP contribution in [0.5, 0.6) is 5.75 Å². The van der Waals surface area contributed by atoms with Gasteiger partial charge in [-0.15, -0.1) is 0 Å². The third kappa shape index (κ3) is 6.23. The number of amides is 3. The standard InChI is InChI=1S/C28H35N3O5/c1-18(2)27(33)30-20-9-12-24-22(15-20)28(34)31(3)23-11-10-21(36-25(23)17-35-24)16-26(32)29-14-13-19-7-5-4-6-8-19/h4-9,12,15,18,21,23,25H,10-11,13-14,16-17H2,1-3H3,(H,29,32)(H,30,33)/t21-,23-,25-/m1/s1. The molecule has 0 radical (unpaired) electrons. The number of benzene rings is 2. The van der Waals surface area contributed by atoms with E-state index in [1.165, 1.54) is 5.56 Å². The van der Waals surface area contributed by atoms with E-state index in [1.807, 2.05) is 44.2 Å². The molecule has 0 unspecified atom stereocenters. The van der Waals surface area contributed by atoms with Gasteiger partial charge in [-0.05, 0) is 43.0 Å². The summed E-state index contributed by atoms with van der Waals surface area (Å²) in [6.07, 6.45) is 1.92. The first kappa shape index (κ1) is 25.7. The molecular weight excluding hydrogens is 458 g/mol. The van der Waals surface area contributed by atoms with Crippen LogP contribution in [0.25, 0.3) is 0 Å². The number of nitrogens with one attached hydrogen (secondary N) is 2. The molecule has 2 aliphatic rings. The molecule has 192 valence electrons. The van der Waals surface area contributed by atoms with E-state index in [2.05, 4.69) is 10.6 Å². The summed E-state index contributed by atoms with van der Waals surface area (Å²) in [6, 6.07) is 15.0. The molecule has 0 saturated carbocycles. The Morgan fingerprint density at radius 2 is 1.89 bits per heavy atom. The smallest absolute Gasteiger partial charge is 0.257 e. The molecule has 1 saturated heterocycles. The van der Waals surface area contributed by atoms with E-state index >= 15 is 0 Å². The summed E-state index contributed by atoms with van der Waals surface area (Å²) in [5, 5.41) is 5.82. The fourth-order valence-corrected chi connectivity index (χ4v) is 4.66. The molecule has 8 heteroatoms. The van der Waals surface area contributed by atoms with E-state index in [-0.39, 0.29) is 54.9 Å². The zero-order valence-electron chi connectivity index (χ0n) is 21.2. The van der Waals surface area contributed by atoms with Crippen LogP contribution in [0, 0.1) is 5.92 Å². The van der Waals surface area contributed by atoms with Crippen molar-refractivity contribution in [3.05, 3.63) is 59.7 Å². The Balaban J connectivity index is 1.35. The van der Waals surface area contributed by atoms with E-state index in [0.717, 1.165) is 12.8 Å². The van der Waals surface area contributed by atoms with E-state index in [1.54, 1.807) is 30.1 Å². The fourth-order valence-electron chi connectivity index (χ4n) is 4.66. The van der Waals surface area contributed by atoms with Crippen molar-refractivity contribution in [2.45, 2.75) is 57.8 Å². The number of fused-ring (bicyclic) bond motifs is 2. The number of hydrogen-bond donors (Lipinski definition) is 2. The molecule has 2 aromatic carbocycles. The molecule has 3 atom stereocenters. The predicted octanol–water partition coefficient (Wildman–Crippen LogP) is 3.41. The average molecular weight is 494 g/mol. The number of nitrogens with zero attached hydrogens (tertiary/aromatic N) is 1. The first-order valence-corrected chi connectivity index (χ1v) is 12.6. The van der Waals surface area contributed by atoms with Crippen molar-refractivity contribution in [1.29, 1.82) is 0 Å². The molecule has 0 aromatic heterocycles. The normalized spacial score (nSPS) is 21.5. The van der Waals surface area contributed by atoms with Crippen LogP contribution in [0.15, 0.2) is 48.5 Å². The van der Waals surface area contributed by atoms with Crippen molar-refractivity contribution < 1.29 is 23.9 Å². The summed E-state index contributed by atoms with van der Waals surface area (Å²) in [6.45, 7) is 4.49. The molecule has 1 fully saturated rings. The Kier molecular flexibility index (Phi) is 8.25. The van der Waals surface area contributed by atoms with Gasteiger partial charge in [0.05, 0.1) is 24.1 Å². The number of carbonyl (C=O) groups is 3. The van der Waals surface area contributed by atoms with Crippen LogP contribution in [0.1, 0.15) is 49.0 Å². The molecule has 2 heterocycles. The zero-order chi connectivity index (χ0) is 25.7. The van der Waals surface area contributed by atoms with E-state index < -0.39 is 0 Å². The first-order valence-electron chi connectivity index (χ1n) is 12.6. The number of carbonyl (C=O) groups excluding carboxylic acids is 3. The maximum Gasteiger partial charge on any atom is 0.257 e. The Morgan fingerprint density at radius 1 is 1.11 bits per heavy atom. The number of anilines is 1. The largest absolute Gasteiger partial charge is 0.490 e. The minimum Gasteiger partial charge on any atom is -0.490 e. The van der Waals surface area contributed by atoms with Gasteiger partial charge in [0.1, 0.15) is 18.5 Å². The molecule has 0 aliphatic carbocycles. The van der Waals surface area contributed by atoms with Crippen LogP contribution in [-0.2, 0) is 20.7 Å². The summed E-state index contributed by atoms with van der Waals surface area (Å²) >= 11 is 0. The lowest BCUT2D eigenvalue weighted by molar-refractivity contribution is -0.134. The maximum atomic E-state index is 13.3. The Morgan fingerprint density at radius 3 is 2.64 bits per heavy atom. The lowest BCUT2D eigenvalue weighted by atomic mass is 9.94. The van der Waals surface area contributed by atoms with Crippen molar-refractivity contribution in [2.75, 3.05) is 25.5 Å². The van der Waals surface area contributed by atoms with Crippen LogP contribution in [0.2, 0.25) is 0 Å². The van der Waals surface area contributed by atoms with Crippen molar-refractivity contribution in [2.24, 2.45) is 5.92 Å². The second-order valence-corrected chi connectivity index (χ2v) is 9.81. The Hall–Kier alpha value is -3.39. The number of likely N-dealkylation sites (N-methyl/N-ethyl adjacent to an activating group) is 1. The van der Waals surface area contributed by atoms with Crippen molar-refractivity contribution in [3.63, 3.8) is 0 Å². The van der Waals surface area contributed by atoms with Crippen LogP contribution >= 0.6 is 0 Å². The highest BCUT2D eigenvalue weighted by atomic mass is 16.5. The zero-order valence-corrected chi connectivity index (χ0v) is 21.2. The Labute approximate surface area is 212 Å². The second kappa shape index (κ2) is 11.6. The third-order valence-corrected chi connectivity index (χ3v) is 6.80. The Bertz CT molecular complexity index is 1090. The SMILES string of the molecule is CC(C)C(=O)Nc1ccc2c(c1)C(=O)N(C)[C@@H]1CC[C@H](CC(=O)NCCc3ccccc3)O[C@@H]1CO2. The highest BCUT2D eigenvalue weighted by Gasteiger charge is 2.39. The molecule has 4 rings (SSSR count). The second-order valence-electron chi connectivity index (χ2n) is 9.81. The molecule has 36 heavy (non-hydrogen) atoms. The van der Waals surface area contributed by atoms with Crippen LogP contribution in [-0.4, -0.2) is 61.1 Å². The first-order chi connectivity index (χ1) is 17.3. The molecule has 2 aliphatic heterocycles. The number of hydrogen-bond acceptors (Lipinski definition) is 5. The average Bonchev–Trinajstić information content (AvgIpc) is 2.87. The van der Waals surface area contributed by atoms with Crippen molar-refractivity contribution >= 4 is 23.4 Å². The molecular formula is C28H35N3O5. The van der Waals surface area contributed by atoms with E-state index in [9.17, 15) is 14.4 Å². The van der Waals surface area contributed by atoms with Gasteiger partial charge in [-0.25, -0.2) is 0 Å². The summed E-state index contributed by atoms with van der Waals surface area (Å²) in [5.74, 6) is -0.0377. The summed E-state index contributed by atoms with van der Waals surface area (Å²) in [7, 11) is 1.77. The fraction of sp³-hybridized carbons (Fsp3) is 0.464. The van der Waals surface area contributed by atoms with E-state index in [4.69, 9.17) is 9.47 Å². The monoisotopic (exact) mass is 493 g/mol. The van der Waals surface area contributed by atoms with E-state index in [0.29, 0.717) is 30.0 Å². The van der Waals surface area contributed by atoms with Gasteiger partial charge in [0.15, 0.2) is 0 Å². The lowest BCUT2D eigenvalue weighted by Crippen LogP contribution is -2.54. The van der Waals surface area contributed by atoms with Crippen LogP contribution in [0.3, 0.4) is 0 Å². The van der Waals surface area contributed by atoms with Gasteiger partial charge in [0.2, 0.25) is 11.8 Å². The van der Waals surface area contributed by atoms with Crippen molar-refractivity contribution in [3.8, 4) is 5.75 Å². The molecule has 2 aromatic rings. The van der Waals surface area contributed by atoms with Gasteiger partial charge in [-0.2, -0.15) is 0 Å². The molecule has 0 bridgehead atoms. The molecule has 3 amide bonds. The van der Waals surface area contributed by atoms with Gasteiger partial charge in [-0.1, -0.05) is 44.2 Å². The number of ether oxygens (including phenoxy) is 2. The highest BCUT2D eigenvalue weighted by molar-refractivity contribution is 6.00. The minimum absolute atomic E-state index is 0.0353.